The van der Waals surface area contributed by atoms with Crippen molar-refractivity contribution in [3.8, 4) is 5.75 Å². The standard InChI is InChI=1S/C15H21N3OS2/c1-4-8-16-14(10-20-15-18-17-11(2)21-15)12-6-5-7-13(9-12)19-3/h5-7,9,14,16H,4,8,10H2,1-3H3. The lowest BCUT2D eigenvalue weighted by atomic mass is 10.1. The predicted octanol–water partition coefficient (Wildman–Crippen LogP) is 3.69. The van der Waals surface area contributed by atoms with Gasteiger partial charge < -0.3 is 10.1 Å². The molecule has 21 heavy (non-hydrogen) atoms. The minimum atomic E-state index is 0.286. The van der Waals surface area contributed by atoms with Gasteiger partial charge in [-0.25, -0.2) is 0 Å². The van der Waals surface area contributed by atoms with Crippen molar-refractivity contribution in [2.75, 3.05) is 19.4 Å². The number of aromatic nitrogens is 2. The van der Waals surface area contributed by atoms with E-state index in [2.05, 4.69) is 34.6 Å². The lowest BCUT2D eigenvalue weighted by molar-refractivity contribution is 0.413. The Kier molecular flexibility index (Phi) is 6.48. The van der Waals surface area contributed by atoms with Gasteiger partial charge in [0.05, 0.1) is 7.11 Å². The van der Waals surface area contributed by atoms with Crippen molar-refractivity contribution in [3.63, 3.8) is 0 Å². The smallest absolute Gasteiger partial charge is 0.174 e. The Bertz CT molecular complexity index is 559. The molecule has 2 aromatic rings. The first-order valence-electron chi connectivity index (χ1n) is 7.03. The molecule has 114 valence electrons. The van der Waals surface area contributed by atoms with Gasteiger partial charge in [0.2, 0.25) is 0 Å². The van der Waals surface area contributed by atoms with Crippen molar-refractivity contribution in [3.05, 3.63) is 34.8 Å². The number of benzene rings is 1. The molecule has 0 saturated heterocycles. The molecule has 0 bridgehead atoms. The second-order valence-electron chi connectivity index (χ2n) is 4.68. The fraction of sp³-hybridized carbons (Fsp3) is 0.467. The molecule has 6 heteroatoms. The van der Waals surface area contributed by atoms with Crippen LogP contribution in [0.5, 0.6) is 5.75 Å². The van der Waals surface area contributed by atoms with Crippen molar-refractivity contribution in [2.45, 2.75) is 30.6 Å². The summed E-state index contributed by atoms with van der Waals surface area (Å²) in [5.74, 6) is 1.83. The summed E-state index contributed by atoms with van der Waals surface area (Å²) >= 11 is 3.39. The van der Waals surface area contributed by atoms with E-state index in [0.717, 1.165) is 33.8 Å². The average molecular weight is 323 g/mol. The van der Waals surface area contributed by atoms with E-state index in [0.29, 0.717) is 0 Å². The van der Waals surface area contributed by atoms with Gasteiger partial charge in [-0.05, 0) is 37.6 Å². The van der Waals surface area contributed by atoms with Crippen LogP contribution in [0.25, 0.3) is 0 Å². The zero-order chi connectivity index (χ0) is 15.1. The largest absolute Gasteiger partial charge is 0.497 e. The second kappa shape index (κ2) is 8.36. The number of nitrogens with zero attached hydrogens (tertiary/aromatic N) is 2. The summed E-state index contributed by atoms with van der Waals surface area (Å²) in [6.45, 7) is 5.16. The van der Waals surface area contributed by atoms with Crippen LogP contribution in [-0.4, -0.2) is 29.6 Å². The Morgan fingerprint density at radius 2 is 2.24 bits per heavy atom. The Morgan fingerprint density at radius 1 is 1.38 bits per heavy atom. The molecule has 1 N–H and O–H groups in total. The molecule has 1 heterocycles. The van der Waals surface area contributed by atoms with E-state index < -0.39 is 0 Å². The number of ether oxygens (including phenoxy) is 1. The Morgan fingerprint density at radius 3 is 2.90 bits per heavy atom. The van der Waals surface area contributed by atoms with Crippen LogP contribution in [0.3, 0.4) is 0 Å². The molecule has 0 saturated carbocycles. The third kappa shape index (κ3) is 4.98. The highest BCUT2D eigenvalue weighted by molar-refractivity contribution is 8.01. The van der Waals surface area contributed by atoms with Crippen molar-refractivity contribution < 1.29 is 4.74 Å². The third-order valence-corrected chi connectivity index (χ3v) is 5.08. The van der Waals surface area contributed by atoms with Gasteiger partial charge in [0.25, 0.3) is 0 Å². The molecule has 2 rings (SSSR count). The molecule has 4 nitrogen and oxygen atoms in total. The van der Waals surface area contributed by atoms with Gasteiger partial charge in [-0.2, -0.15) is 0 Å². The first-order chi connectivity index (χ1) is 10.2. The Hall–Kier alpha value is -1.11. The lowest BCUT2D eigenvalue weighted by Crippen LogP contribution is -2.24. The van der Waals surface area contributed by atoms with Crippen molar-refractivity contribution >= 4 is 23.1 Å². The van der Waals surface area contributed by atoms with Crippen molar-refractivity contribution in [2.24, 2.45) is 0 Å². The molecule has 1 atom stereocenters. The van der Waals surface area contributed by atoms with Crippen LogP contribution in [0.4, 0.5) is 0 Å². The minimum absolute atomic E-state index is 0.286. The highest BCUT2D eigenvalue weighted by Gasteiger charge is 2.13. The number of thioether (sulfide) groups is 1. The zero-order valence-corrected chi connectivity index (χ0v) is 14.3. The summed E-state index contributed by atoms with van der Waals surface area (Å²) in [5.41, 5.74) is 1.25. The molecule has 0 aliphatic heterocycles. The number of aryl methyl sites for hydroxylation is 1. The summed E-state index contributed by atoms with van der Waals surface area (Å²) in [6, 6.07) is 8.53. The Labute approximate surface area is 134 Å². The van der Waals surface area contributed by atoms with Crippen LogP contribution in [0.1, 0.15) is 30.0 Å². The predicted molar refractivity (Wildman–Crippen MR) is 89.4 cm³/mol. The summed E-state index contributed by atoms with van der Waals surface area (Å²) < 4.78 is 6.35. The molecule has 0 spiro atoms. The minimum Gasteiger partial charge on any atom is -0.497 e. The molecular formula is C15H21N3OS2. The van der Waals surface area contributed by atoms with E-state index in [1.807, 2.05) is 19.1 Å². The zero-order valence-electron chi connectivity index (χ0n) is 12.6. The number of hydrogen-bond donors (Lipinski definition) is 1. The maximum absolute atomic E-state index is 5.32. The van der Waals surface area contributed by atoms with Gasteiger partial charge in [-0.1, -0.05) is 42.2 Å². The maximum atomic E-state index is 5.32. The fourth-order valence-electron chi connectivity index (χ4n) is 1.94. The van der Waals surface area contributed by atoms with Crippen LogP contribution in [-0.2, 0) is 0 Å². The molecular weight excluding hydrogens is 302 g/mol. The summed E-state index contributed by atoms with van der Waals surface area (Å²) in [5, 5.41) is 12.8. The number of hydrogen-bond acceptors (Lipinski definition) is 6. The van der Waals surface area contributed by atoms with E-state index in [1.165, 1.54) is 5.56 Å². The topological polar surface area (TPSA) is 47.0 Å². The van der Waals surface area contributed by atoms with E-state index >= 15 is 0 Å². The van der Waals surface area contributed by atoms with Crippen molar-refractivity contribution in [1.29, 1.82) is 0 Å². The van der Waals surface area contributed by atoms with E-state index in [-0.39, 0.29) is 6.04 Å². The van der Waals surface area contributed by atoms with Gasteiger partial charge in [0.1, 0.15) is 10.8 Å². The molecule has 1 aromatic heterocycles. The normalized spacial score (nSPS) is 12.3. The first kappa shape index (κ1) is 16.3. The number of nitrogens with one attached hydrogen (secondary N) is 1. The van der Waals surface area contributed by atoms with Crippen molar-refractivity contribution in [1.82, 2.24) is 15.5 Å². The third-order valence-electron chi connectivity index (χ3n) is 3.02. The molecule has 1 aromatic carbocycles. The van der Waals surface area contributed by atoms with Gasteiger partial charge in [-0.3, -0.25) is 0 Å². The highest BCUT2D eigenvalue weighted by Crippen LogP contribution is 2.28. The monoisotopic (exact) mass is 323 g/mol. The quantitative estimate of drug-likeness (QED) is 0.751. The Balaban J connectivity index is 2.05. The summed E-state index contributed by atoms with van der Waals surface area (Å²) in [6.07, 6.45) is 1.11. The van der Waals surface area contributed by atoms with Gasteiger partial charge in [0, 0.05) is 11.8 Å². The van der Waals surface area contributed by atoms with Crippen LogP contribution in [0, 0.1) is 6.92 Å². The lowest BCUT2D eigenvalue weighted by Gasteiger charge is -2.18. The van der Waals surface area contributed by atoms with E-state index in [4.69, 9.17) is 4.74 Å². The number of rotatable bonds is 8. The van der Waals surface area contributed by atoms with E-state index in [9.17, 15) is 0 Å². The molecule has 0 amide bonds. The van der Waals surface area contributed by atoms with Gasteiger partial charge in [0.15, 0.2) is 4.34 Å². The number of methoxy groups -OCH3 is 1. The van der Waals surface area contributed by atoms with E-state index in [1.54, 1.807) is 30.2 Å². The van der Waals surface area contributed by atoms with Crippen LogP contribution >= 0.6 is 23.1 Å². The molecule has 0 radical (unpaired) electrons. The fourth-order valence-corrected chi connectivity index (χ4v) is 3.88. The van der Waals surface area contributed by atoms with Crippen LogP contribution in [0.2, 0.25) is 0 Å². The molecule has 0 aliphatic carbocycles. The maximum Gasteiger partial charge on any atom is 0.174 e. The molecule has 1 unspecified atom stereocenters. The van der Waals surface area contributed by atoms with Crippen LogP contribution < -0.4 is 10.1 Å². The highest BCUT2D eigenvalue weighted by atomic mass is 32.2. The first-order valence-corrected chi connectivity index (χ1v) is 8.83. The molecule has 0 aliphatic rings. The average Bonchev–Trinajstić information content (AvgIpc) is 2.93. The molecule has 0 fully saturated rings. The van der Waals surface area contributed by atoms with Gasteiger partial charge in [-0.15, -0.1) is 10.2 Å². The second-order valence-corrected chi connectivity index (χ2v) is 7.13. The summed E-state index contributed by atoms with van der Waals surface area (Å²) in [7, 11) is 1.70. The van der Waals surface area contributed by atoms with Gasteiger partial charge >= 0.3 is 0 Å². The summed E-state index contributed by atoms with van der Waals surface area (Å²) in [4.78, 5) is 0. The SMILES string of the molecule is CCCNC(CSc1nnc(C)s1)c1cccc(OC)c1. The van der Waals surface area contributed by atoms with Crippen LogP contribution in [0.15, 0.2) is 28.6 Å².